The number of hydrogen-bond donors (Lipinski definition) is 1. The van der Waals surface area contributed by atoms with Crippen molar-refractivity contribution in [1.82, 2.24) is 4.31 Å². The summed E-state index contributed by atoms with van der Waals surface area (Å²) in [6, 6.07) is 12.5. The van der Waals surface area contributed by atoms with E-state index in [1.165, 1.54) is 22.0 Å². The minimum Gasteiger partial charge on any atom is -0.478 e. The van der Waals surface area contributed by atoms with E-state index in [0.29, 0.717) is 37.2 Å². The number of benzene rings is 2. The van der Waals surface area contributed by atoms with E-state index in [1.807, 2.05) is 36.1 Å². The highest BCUT2D eigenvalue weighted by Crippen LogP contribution is 2.35. The Morgan fingerprint density at radius 1 is 1.12 bits per heavy atom. The molecule has 0 saturated carbocycles. The monoisotopic (exact) mass is 469 g/mol. The highest BCUT2D eigenvalue weighted by Gasteiger charge is 2.36. The summed E-state index contributed by atoms with van der Waals surface area (Å²) in [6.45, 7) is 3.10. The lowest BCUT2D eigenvalue weighted by atomic mass is 9.96. The van der Waals surface area contributed by atoms with Crippen LogP contribution in [0.3, 0.4) is 0 Å². The van der Waals surface area contributed by atoms with Gasteiger partial charge in [-0.2, -0.15) is 4.31 Å². The van der Waals surface area contributed by atoms with Crippen LogP contribution >= 0.6 is 0 Å². The molecule has 1 atom stereocenters. The second kappa shape index (κ2) is 8.46. The number of sulfonamides is 1. The van der Waals surface area contributed by atoms with Crippen LogP contribution in [0.5, 0.6) is 5.75 Å². The van der Waals surface area contributed by atoms with E-state index >= 15 is 0 Å². The van der Waals surface area contributed by atoms with Crippen molar-refractivity contribution in [3.05, 3.63) is 48.0 Å². The van der Waals surface area contributed by atoms with E-state index < -0.39 is 16.1 Å². The fraction of sp³-hybridized carbons (Fsp3) is 0.417. The summed E-state index contributed by atoms with van der Waals surface area (Å²) in [4.78, 5) is 27.2. The quantitative estimate of drug-likeness (QED) is 0.743. The topological polar surface area (TPSA) is 96.0 Å². The molecule has 1 fully saturated rings. The summed E-state index contributed by atoms with van der Waals surface area (Å²) < 4.78 is 33.6. The molecular weight excluding hydrogens is 442 g/mol. The predicted octanol–water partition coefficient (Wildman–Crippen LogP) is 2.79. The standard InChI is InChI=1S/C24H27N3O5S/c1-2-21-23(28)25-19-15-18(7-8-22(19)32-21)33(30,31)26-12-9-17(10-13-26)24(29)27-14-11-16-5-3-4-6-20(16)27/h3-8,15,17,21H,2,9-14H2,1H3,(H,25,28). The van der Waals surface area contributed by atoms with Crippen LogP contribution in [0.15, 0.2) is 47.4 Å². The smallest absolute Gasteiger partial charge is 0.265 e. The first-order valence-electron chi connectivity index (χ1n) is 11.4. The van der Waals surface area contributed by atoms with Crippen LogP contribution in [0.1, 0.15) is 31.7 Å². The Balaban J connectivity index is 1.27. The molecule has 0 radical (unpaired) electrons. The first-order chi connectivity index (χ1) is 15.9. The van der Waals surface area contributed by atoms with Crippen LogP contribution in [-0.4, -0.2) is 50.3 Å². The molecule has 33 heavy (non-hydrogen) atoms. The Hall–Kier alpha value is -2.91. The number of piperidine rings is 1. The van der Waals surface area contributed by atoms with Crippen molar-refractivity contribution in [3.8, 4) is 5.75 Å². The van der Waals surface area contributed by atoms with Crippen LogP contribution in [0.25, 0.3) is 0 Å². The maximum Gasteiger partial charge on any atom is 0.265 e. The van der Waals surface area contributed by atoms with Gasteiger partial charge in [-0.1, -0.05) is 25.1 Å². The Bertz CT molecular complexity index is 1200. The molecule has 3 heterocycles. The summed E-state index contributed by atoms with van der Waals surface area (Å²) in [7, 11) is -3.75. The molecule has 3 aliphatic rings. The molecule has 2 aromatic rings. The number of nitrogens with zero attached hydrogens (tertiary/aromatic N) is 2. The van der Waals surface area contributed by atoms with Gasteiger partial charge in [0.25, 0.3) is 5.91 Å². The minimum absolute atomic E-state index is 0.0797. The molecule has 0 bridgehead atoms. The number of hydrogen-bond acceptors (Lipinski definition) is 5. The van der Waals surface area contributed by atoms with Crippen LogP contribution in [0.4, 0.5) is 11.4 Å². The number of carbonyl (C=O) groups is 2. The van der Waals surface area contributed by atoms with Gasteiger partial charge in [0.05, 0.1) is 10.6 Å². The minimum atomic E-state index is -3.75. The van der Waals surface area contributed by atoms with Crippen molar-refractivity contribution in [2.75, 3.05) is 29.9 Å². The molecule has 1 N–H and O–H groups in total. The molecule has 174 valence electrons. The lowest BCUT2D eigenvalue weighted by Gasteiger charge is -2.33. The fourth-order valence-corrected chi connectivity index (χ4v) is 6.33. The zero-order chi connectivity index (χ0) is 23.2. The third-order valence-electron chi connectivity index (χ3n) is 6.74. The van der Waals surface area contributed by atoms with Gasteiger partial charge in [-0.15, -0.1) is 0 Å². The first kappa shape index (κ1) is 21.9. The Morgan fingerprint density at radius 2 is 1.88 bits per heavy atom. The van der Waals surface area contributed by atoms with Gasteiger partial charge in [0.2, 0.25) is 15.9 Å². The average Bonchev–Trinajstić information content (AvgIpc) is 3.27. The second-order valence-electron chi connectivity index (χ2n) is 8.71. The number of carbonyl (C=O) groups excluding carboxylic acids is 2. The van der Waals surface area contributed by atoms with Crippen molar-refractivity contribution in [3.63, 3.8) is 0 Å². The molecule has 0 aliphatic carbocycles. The Kier molecular flexibility index (Phi) is 5.62. The number of para-hydroxylation sites is 1. The summed E-state index contributed by atoms with van der Waals surface area (Å²) in [6.07, 6.45) is 1.78. The number of amides is 2. The maximum atomic E-state index is 13.2. The van der Waals surface area contributed by atoms with Crippen LogP contribution < -0.4 is 15.0 Å². The molecule has 0 spiro atoms. The van der Waals surface area contributed by atoms with Gasteiger partial charge in [-0.25, -0.2) is 8.42 Å². The van der Waals surface area contributed by atoms with E-state index in [-0.39, 0.29) is 35.7 Å². The summed E-state index contributed by atoms with van der Waals surface area (Å²) in [5, 5.41) is 2.74. The van der Waals surface area contributed by atoms with Gasteiger partial charge in [-0.05, 0) is 55.5 Å². The molecule has 5 rings (SSSR count). The SMILES string of the molecule is CCC1Oc2ccc(S(=O)(=O)N3CCC(C(=O)N4CCc5ccccc54)CC3)cc2NC1=O. The molecule has 1 saturated heterocycles. The number of nitrogens with one attached hydrogen (secondary N) is 1. The van der Waals surface area contributed by atoms with Gasteiger partial charge in [0.15, 0.2) is 6.10 Å². The highest BCUT2D eigenvalue weighted by molar-refractivity contribution is 7.89. The predicted molar refractivity (Wildman–Crippen MR) is 124 cm³/mol. The molecule has 8 nitrogen and oxygen atoms in total. The van der Waals surface area contributed by atoms with Gasteiger partial charge >= 0.3 is 0 Å². The number of fused-ring (bicyclic) bond motifs is 2. The largest absolute Gasteiger partial charge is 0.478 e. The van der Waals surface area contributed by atoms with Crippen molar-refractivity contribution in [2.45, 2.75) is 43.6 Å². The van der Waals surface area contributed by atoms with Crippen LogP contribution in [0, 0.1) is 5.92 Å². The zero-order valence-corrected chi connectivity index (χ0v) is 19.3. The van der Waals surface area contributed by atoms with Crippen LogP contribution in [0.2, 0.25) is 0 Å². The third-order valence-corrected chi connectivity index (χ3v) is 8.63. The van der Waals surface area contributed by atoms with Crippen LogP contribution in [-0.2, 0) is 26.0 Å². The number of rotatable bonds is 4. The van der Waals surface area contributed by atoms with Gasteiger partial charge in [0.1, 0.15) is 5.75 Å². The van der Waals surface area contributed by atoms with Crippen molar-refractivity contribution in [2.24, 2.45) is 5.92 Å². The zero-order valence-electron chi connectivity index (χ0n) is 18.5. The van der Waals surface area contributed by atoms with E-state index in [2.05, 4.69) is 5.32 Å². The molecule has 1 unspecified atom stereocenters. The van der Waals surface area contributed by atoms with Crippen molar-refractivity contribution < 1.29 is 22.7 Å². The first-order valence-corrected chi connectivity index (χ1v) is 12.8. The molecule has 2 amide bonds. The van der Waals surface area contributed by atoms with Gasteiger partial charge < -0.3 is 15.0 Å². The Labute approximate surface area is 193 Å². The summed E-state index contributed by atoms with van der Waals surface area (Å²) >= 11 is 0. The molecular formula is C24H27N3O5S. The van der Waals surface area contributed by atoms with E-state index in [0.717, 1.165) is 12.1 Å². The lowest BCUT2D eigenvalue weighted by molar-refractivity contribution is -0.124. The number of anilines is 2. The van der Waals surface area contributed by atoms with Gasteiger partial charge in [-0.3, -0.25) is 9.59 Å². The van der Waals surface area contributed by atoms with Gasteiger partial charge in [0, 0.05) is 31.2 Å². The normalized spacial score (nSPS) is 21.2. The molecule has 0 aromatic heterocycles. The maximum absolute atomic E-state index is 13.2. The average molecular weight is 470 g/mol. The fourth-order valence-electron chi connectivity index (χ4n) is 4.84. The Morgan fingerprint density at radius 3 is 2.64 bits per heavy atom. The van der Waals surface area contributed by atoms with E-state index in [1.54, 1.807) is 6.07 Å². The molecule has 3 aliphatic heterocycles. The number of ether oxygens (including phenoxy) is 1. The lowest BCUT2D eigenvalue weighted by Crippen LogP contribution is -2.44. The van der Waals surface area contributed by atoms with Crippen molar-refractivity contribution in [1.29, 1.82) is 0 Å². The second-order valence-corrected chi connectivity index (χ2v) is 10.6. The van der Waals surface area contributed by atoms with E-state index in [9.17, 15) is 18.0 Å². The molecule has 9 heteroatoms. The van der Waals surface area contributed by atoms with Crippen molar-refractivity contribution >= 4 is 33.2 Å². The molecule has 2 aromatic carbocycles. The van der Waals surface area contributed by atoms with E-state index in [4.69, 9.17) is 4.74 Å². The highest BCUT2D eigenvalue weighted by atomic mass is 32.2. The summed E-state index contributed by atoms with van der Waals surface area (Å²) in [5.41, 5.74) is 2.52. The third kappa shape index (κ3) is 3.89. The summed E-state index contributed by atoms with van der Waals surface area (Å²) in [5.74, 6) is 0.0823.